The molecule has 0 aromatic heterocycles. The van der Waals surface area contributed by atoms with E-state index in [1.165, 1.54) is 4.90 Å². The first-order valence-electron chi connectivity index (χ1n) is 13.3. The number of carbonyl (C=O) groups excluding carboxylic acids is 3. The number of esters is 1. The van der Waals surface area contributed by atoms with Gasteiger partial charge in [0.05, 0.1) is 25.2 Å². The zero-order valence-electron chi connectivity index (χ0n) is 22.0. The number of aliphatic hydroxyl groups excluding tert-OH is 1. The van der Waals surface area contributed by atoms with Crippen molar-refractivity contribution in [1.82, 2.24) is 4.90 Å². The first kappa shape index (κ1) is 25.7. The Hall–Kier alpha value is -2.97. The smallest absolute Gasteiger partial charge is 0.313 e. The number of amides is 2. The number of para-hydroxylation sites is 1. The van der Waals surface area contributed by atoms with Gasteiger partial charge in [-0.3, -0.25) is 14.4 Å². The molecule has 5 rings (SSSR count). The minimum atomic E-state index is -1.36. The zero-order chi connectivity index (χ0) is 26.5. The molecule has 2 saturated heterocycles. The number of ether oxygens (including phenoxy) is 2. The molecule has 6 atom stereocenters. The lowest BCUT2D eigenvalue weighted by Gasteiger charge is -2.41. The maximum Gasteiger partial charge on any atom is 0.313 e. The maximum absolute atomic E-state index is 14.6. The van der Waals surface area contributed by atoms with E-state index < -0.39 is 41.1 Å². The molecule has 8 nitrogen and oxygen atoms in total. The highest BCUT2D eigenvalue weighted by Crippen LogP contribution is 2.58. The van der Waals surface area contributed by atoms with Crippen LogP contribution in [0.1, 0.15) is 44.2 Å². The Kier molecular flexibility index (Phi) is 6.52. The van der Waals surface area contributed by atoms with Crippen LogP contribution in [0.25, 0.3) is 0 Å². The Morgan fingerprint density at radius 1 is 1.05 bits per heavy atom. The number of benzene rings is 1. The second kappa shape index (κ2) is 9.40. The zero-order valence-corrected chi connectivity index (χ0v) is 22.0. The summed E-state index contributed by atoms with van der Waals surface area (Å²) in [7, 11) is 0. The van der Waals surface area contributed by atoms with Crippen LogP contribution in [0.3, 0.4) is 0 Å². The normalized spacial score (nSPS) is 33.9. The van der Waals surface area contributed by atoms with Crippen molar-refractivity contribution in [2.75, 3.05) is 24.7 Å². The summed E-state index contributed by atoms with van der Waals surface area (Å²) in [4.78, 5) is 45.5. The van der Waals surface area contributed by atoms with Crippen LogP contribution < -0.4 is 4.90 Å². The molecule has 2 amide bonds. The summed E-state index contributed by atoms with van der Waals surface area (Å²) < 4.78 is 12.5. The van der Waals surface area contributed by atoms with Crippen molar-refractivity contribution in [1.29, 1.82) is 0 Å². The molecule has 1 spiro atoms. The van der Waals surface area contributed by atoms with Crippen molar-refractivity contribution < 1.29 is 29.0 Å². The molecule has 1 unspecified atom stereocenters. The van der Waals surface area contributed by atoms with Gasteiger partial charge in [-0.1, -0.05) is 56.4 Å². The molecule has 37 heavy (non-hydrogen) atoms. The molecule has 1 aromatic rings. The molecule has 2 fully saturated rings. The van der Waals surface area contributed by atoms with E-state index in [4.69, 9.17) is 9.47 Å². The highest BCUT2D eigenvalue weighted by molar-refractivity contribution is 6.06. The van der Waals surface area contributed by atoms with Gasteiger partial charge in [0.2, 0.25) is 5.91 Å². The molecule has 4 aliphatic heterocycles. The molecule has 1 N–H and O–H groups in total. The van der Waals surface area contributed by atoms with Crippen LogP contribution in [-0.4, -0.2) is 70.8 Å². The molecule has 0 saturated carbocycles. The monoisotopic (exact) mass is 508 g/mol. The van der Waals surface area contributed by atoms with E-state index in [2.05, 4.69) is 0 Å². The second-order valence-electron chi connectivity index (χ2n) is 10.6. The van der Waals surface area contributed by atoms with Gasteiger partial charge in [0.25, 0.3) is 5.91 Å². The Morgan fingerprint density at radius 2 is 1.78 bits per heavy atom. The minimum absolute atomic E-state index is 0.232. The number of fused-ring (bicyclic) bond motifs is 2. The number of likely N-dealkylation sites (tertiary alicyclic amines) is 1. The van der Waals surface area contributed by atoms with Crippen LogP contribution in [0.2, 0.25) is 0 Å². The first-order valence-corrected chi connectivity index (χ1v) is 13.3. The lowest BCUT2D eigenvalue weighted by Crippen LogP contribution is -2.59. The summed E-state index contributed by atoms with van der Waals surface area (Å²) in [5.74, 6) is -2.93. The lowest BCUT2D eigenvalue weighted by molar-refractivity contribution is -0.161. The Bertz CT molecular complexity index is 1150. The van der Waals surface area contributed by atoms with Crippen molar-refractivity contribution in [3.63, 3.8) is 0 Å². The molecular weight excluding hydrogens is 472 g/mol. The van der Waals surface area contributed by atoms with Gasteiger partial charge in [-0.2, -0.15) is 0 Å². The number of hydrogen-bond acceptors (Lipinski definition) is 6. The molecule has 4 aliphatic rings. The fourth-order valence-electron chi connectivity index (χ4n) is 6.91. The molecule has 0 radical (unpaired) electrons. The Balaban J connectivity index is 1.72. The number of aryl methyl sites for hydroxylation is 2. The summed E-state index contributed by atoms with van der Waals surface area (Å²) in [6.45, 7) is 7.97. The van der Waals surface area contributed by atoms with E-state index in [-0.39, 0.29) is 25.0 Å². The molecule has 0 aliphatic carbocycles. The highest BCUT2D eigenvalue weighted by Gasteiger charge is 2.75. The molecule has 198 valence electrons. The van der Waals surface area contributed by atoms with Crippen molar-refractivity contribution in [2.24, 2.45) is 11.8 Å². The maximum atomic E-state index is 14.6. The highest BCUT2D eigenvalue weighted by atomic mass is 16.6. The number of cyclic esters (lactones) is 1. The number of carbonyl (C=O) groups is 3. The van der Waals surface area contributed by atoms with E-state index in [0.717, 1.165) is 16.8 Å². The Labute approximate surface area is 217 Å². The van der Waals surface area contributed by atoms with E-state index in [0.29, 0.717) is 25.8 Å². The summed E-state index contributed by atoms with van der Waals surface area (Å²) in [6, 6.07) is 4.26. The van der Waals surface area contributed by atoms with Crippen molar-refractivity contribution in [3.05, 3.63) is 53.6 Å². The fourth-order valence-corrected chi connectivity index (χ4v) is 6.91. The van der Waals surface area contributed by atoms with Gasteiger partial charge in [-0.05, 0) is 44.2 Å². The molecule has 4 heterocycles. The topological polar surface area (TPSA) is 96.4 Å². The number of nitrogens with zero attached hydrogens (tertiary/aromatic N) is 2. The Morgan fingerprint density at radius 3 is 2.43 bits per heavy atom. The van der Waals surface area contributed by atoms with Crippen LogP contribution in [0.5, 0.6) is 0 Å². The van der Waals surface area contributed by atoms with Gasteiger partial charge >= 0.3 is 5.97 Å². The fraction of sp³-hybridized carbons (Fsp3) is 0.552. The third-order valence-electron chi connectivity index (χ3n) is 8.63. The van der Waals surface area contributed by atoms with Crippen LogP contribution in [0.4, 0.5) is 5.69 Å². The standard InChI is InChI=1S/C29H36N2O6/c1-5-20(17-32)31-24-26(34)30(23-18(3)11-9-12-19(23)4)15-10-14-29(24)21(25(31)33)22-27(35)36-16-8-7-13-28(22,6-2)37-29/h7,9-14,20-22,24,32H,5-6,8,15-17H2,1-4H3/t20-,21-,22-,24?,28+,29-/m0/s1. The summed E-state index contributed by atoms with van der Waals surface area (Å²) >= 11 is 0. The van der Waals surface area contributed by atoms with Crippen LogP contribution in [0.15, 0.2) is 42.5 Å². The quantitative estimate of drug-likeness (QED) is 0.485. The summed E-state index contributed by atoms with van der Waals surface area (Å²) in [6.07, 6.45) is 9.00. The molecule has 0 bridgehead atoms. The molecule has 8 heteroatoms. The van der Waals surface area contributed by atoms with Gasteiger partial charge in [0.1, 0.15) is 23.2 Å². The van der Waals surface area contributed by atoms with E-state index in [1.54, 1.807) is 4.90 Å². The first-order chi connectivity index (χ1) is 17.8. The number of aliphatic hydroxyl groups is 1. The van der Waals surface area contributed by atoms with Crippen LogP contribution >= 0.6 is 0 Å². The van der Waals surface area contributed by atoms with Gasteiger partial charge in [-0.25, -0.2) is 0 Å². The molecule has 1 aromatic carbocycles. The van der Waals surface area contributed by atoms with Crippen LogP contribution in [-0.2, 0) is 23.9 Å². The van der Waals surface area contributed by atoms with Gasteiger partial charge in [0, 0.05) is 12.2 Å². The van der Waals surface area contributed by atoms with E-state index in [9.17, 15) is 19.5 Å². The predicted molar refractivity (Wildman–Crippen MR) is 138 cm³/mol. The van der Waals surface area contributed by atoms with Crippen molar-refractivity contribution in [2.45, 2.75) is 70.2 Å². The van der Waals surface area contributed by atoms with Gasteiger partial charge in [-0.15, -0.1) is 0 Å². The third-order valence-corrected chi connectivity index (χ3v) is 8.63. The van der Waals surface area contributed by atoms with Crippen molar-refractivity contribution in [3.8, 4) is 0 Å². The SMILES string of the molecule is CC[C@@H](CO)N1C(=O)[C@@H]2[C@H]3C(=O)OCCC=C[C@@]3(CC)O[C@@]23C=CCN(c2c(C)cccc2C)C(=O)C13. The third kappa shape index (κ3) is 3.60. The van der Waals surface area contributed by atoms with Crippen molar-refractivity contribution >= 4 is 23.5 Å². The van der Waals surface area contributed by atoms with E-state index >= 15 is 0 Å². The number of rotatable bonds is 5. The number of anilines is 1. The largest absolute Gasteiger partial charge is 0.465 e. The average Bonchev–Trinajstić information content (AvgIpc) is 3.22. The predicted octanol–water partition coefficient (Wildman–Crippen LogP) is 2.84. The average molecular weight is 509 g/mol. The second-order valence-corrected chi connectivity index (χ2v) is 10.6. The van der Waals surface area contributed by atoms with Gasteiger partial charge < -0.3 is 24.4 Å². The lowest BCUT2D eigenvalue weighted by atomic mass is 9.73. The number of hydrogen-bond donors (Lipinski definition) is 1. The summed E-state index contributed by atoms with van der Waals surface area (Å²) in [5.41, 5.74) is 0.267. The summed E-state index contributed by atoms with van der Waals surface area (Å²) in [5, 5.41) is 10.3. The van der Waals surface area contributed by atoms with Gasteiger partial charge in [0.15, 0.2) is 0 Å². The van der Waals surface area contributed by atoms with Crippen LogP contribution in [0, 0.1) is 25.7 Å². The van der Waals surface area contributed by atoms with E-state index in [1.807, 2.05) is 70.2 Å². The molecular formula is C29H36N2O6. The minimum Gasteiger partial charge on any atom is -0.465 e.